The highest BCUT2D eigenvalue weighted by Gasteiger charge is 2.29. The van der Waals surface area contributed by atoms with Crippen LogP contribution in [0.4, 0.5) is 0 Å². The topological polar surface area (TPSA) is 49.9 Å². The number of hydrogen-bond acceptors (Lipinski definition) is 4. The lowest BCUT2D eigenvalue weighted by atomic mass is 9.96. The number of rotatable bonds is 3. The van der Waals surface area contributed by atoms with Crippen LogP contribution in [0.25, 0.3) is 5.70 Å². The molecule has 2 saturated heterocycles. The van der Waals surface area contributed by atoms with E-state index in [2.05, 4.69) is 4.90 Å². The second-order valence-corrected chi connectivity index (χ2v) is 6.36. The largest absolute Gasteiger partial charge is 0.497 e. The van der Waals surface area contributed by atoms with E-state index in [4.69, 9.17) is 4.74 Å². The Labute approximate surface area is 142 Å². The maximum Gasteiger partial charge on any atom is 0.219 e. The fourth-order valence-corrected chi connectivity index (χ4v) is 3.46. The number of piperidine rings is 1. The van der Waals surface area contributed by atoms with Crippen molar-refractivity contribution in [3.63, 3.8) is 0 Å². The molecule has 1 aromatic rings. The molecule has 2 aliphatic heterocycles. The number of benzene rings is 1. The lowest BCUT2D eigenvalue weighted by Gasteiger charge is -2.32. The molecule has 0 radical (unpaired) electrons. The Kier molecular flexibility index (Phi) is 4.88. The van der Waals surface area contributed by atoms with Gasteiger partial charge in [0.25, 0.3) is 0 Å². The molecular weight excluding hydrogens is 304 g/mol. The molecule has 0 saturated carbocycles. The molecule has 5 heteroatoms. The van der Waals surface area contributed by atoms with Crippen molar-refractivity contribution in [2.24, 2.45) is 0 Å². The lowest BCUT2D eigenvalue weighted by molar-refractivity contribution is -0.130. The van der Waals surface area contributed by atoms with Crippen LogP contribution >= 0.6 is 0 Å². The third kappa shape index (κ3) is 3.30. The van der Waals surface area contributed by atoms with Gasteiger partial charge in [0, 0.05) is 38.6 Å². The molecule has 2 fully saturated rings. The number of ether oxygens (including phenoxy) is 1. The van der Waals surface area contributed by atoms with Gasteiger partial charge in [-0.2, -0.15) is 0 Å². The molecule has 1 aromatic carbocycles. The monoisotopic (exact) mass is 328 g/mol. The summed E-state index contributed by atoms with van der Waals surface area (Å²) in [5.74, 6) is 0.977. The fraction of sp³-hybridized carbons (Fsp3) is 0.474. The minimum absolute atomic E-state index is 0.0236. The first-order valence-electron chi connectivity index (χ1n) is 8.51. The number of ketones is 1. The van der Waals surface area contributed by atoms with Crippen LogP contribution in [0.5, 0.6) is 5.75 Å². The highest BCUT2D eigenvalue weighted by atomic mass is 16.5. The molecule has 24 heavy (non-hydrogen) atoms. The van der Waals surface area contributed by atoms with E-state index in [1.54, 1.807) is 18.9 Å². The number of amides is 1. The van der Waals surface area contributed by atoms with E-state index in [-0.39, 0.29) is 11.7 Å². The molecule has 0 spiro atoms. The van der Waals surface area contributed by atoms with Crippen LogP contribution in [-0.4, -0.2) is 54.8 Å². The molecule has 3 rings (SSSR count). The van der Waals surface area contributed by atoms with Crippen LogP contribution in [0.15, 0.2) is 29.8 Å². The Morgan fingerprint density at radius 2 is 1.71 bits per heavy atom. The van der Waals surface area contributed by atoms with Crippen molar-refractivity contribution in [3.8, 4) is 5.75 Å². The highest BCUT2D eigenvalue weighted by Crippen LogP contribution is 2.31. The van der Waals surface area contributed by atoms with Gasteiger partial charge in [0.05, 0.1) is 19.4 Å². The van der Waals surface area contributed by atoms with E-state index in [1.165, 1.54) is 0 Å². The minimum atomic E-state index is 0.0236. The van der Waals surface area contributed by atoms with Crippen molar-refractivity contribution in [3.05, 3.63) is 35.4 Å². The van der Waals surface area contributed by atoms with E-state index in [1.807, 2.05) is 24.3 Å². The van der Waals surface area contributed by atoms with Gasteiger partial charge >= 0.3 is 0 Å². The van der Waals surface area contributed by atoms with Crippen molar-refractivity contribution < 1.29 is 14.3 Å². The Morgan fingerprint density at radius 3 is 2.29 bits per heavy atom. The summed E-state index contributed by atoms with van der Waals surface area (Å²) in [6.45, 7) is 4.41. The van der Waals surface area contributed by atoms with Gasteiger partial charge in [-0.1, -0.05) is 0 Å². The van der Waals surface area contributed by atoms with Crippen molar-refractivity contribution in [2.45, 2.75) is 26.2 Å². The van der Waals surface area contributed by atoms with Crippen LogP contribution in [0.2, 0.25) is 0 Å². The lowest BCUT2D eigenvalue weighted by Crippen LogP contribution is -2.40. The maximum atomic E-state index is 12.6. The number of Topliss-reactive ketones (excluding diaryl/α,β-unsaturated/α-hetero) is 1. The van der Waals surface area contributed by atoms with Gasteiger partial charge in [-0.3, -0.25) is 9.59 Å². The molecule has 0 N–H and O–H groups in total. The van der Waals surface area contributed by atoms with Gasteiger partial charge in [0.15, 0.2) is 5.78 Å². The second kappa shape index (κ2) is 7.07. The molecule has 0 aliphatic carbocycles. The third-order valence-electron chi connectivity index (χ3n) is 4.81. The molecule has 0 bridgehead atoms. The normalized spacial score (nSPS) is 20.3. The summed E-state index contributed by atoms with van der Waals surface area (Å²) in [6.07, 6.45) is 2.68. The Bertz CT molecular complexity index is 658. The van der Waals surface area contributed by atoms with Gasteiger partial charge in [0.2, 0.25) is 5.91 Å². The second-order valence-electron chi connectivity index (χ2n) is 6.36. The van der Waals surface area contributed by atoms with E-state index in [0.29, 0.717) is 19.5 Å². The van der Waals surface area contributed by atoms with Crippen molar-refractivity contribution in [1.29, 1.82) is 0 Å². The predicted octanol–water partition coefficient (Wildman–Crippen LogP) is 2.32. The van der Waals surface area contributed by atoms with Crippen LogP contribution < -0.4 is 4.74 Å². The standard InChI is InChI=1S/C19H24N2O3/c1-14(22)21-12-9-18(23)17(13-21)19(20-10-3-4-11-20)15-5-7-16(24-2)8-6-15/h5-8H,3-4,9-13H2,1-2H3/b19-17-. The van der Waals surface area contributed by atoms with E-state index in [9.17, 15) is 9.59 Å². The molecule has 128 valence electrons. The van der Waals surface area contributed by atoms with Crippen LogP contribution in [-0.2, 0) is 9.59 Å². The van der Waals surface area contributed by atoms with Gasteiger partial charge in [-0.15, -0.1) is 0 Å². The zero-order valence-corrected chi connectivity index (χ0v) is 14.4. The summed E-state index contributed by atoms with van der Waals surface area (Å²) in [6, 6.07) is 7.84. The summed E-state index contributed by atoms with van der Waals surface area (Å²) >= 11 is 0. The first-order chi connectivity index (χ1) is 11.6. The molecule has 5 nitrogen and oxygen atoms in total. The summed E-state index contributed by atoms with van der Waals surface area (Å²) < 4.78 is 5.24. The van der Waals surface area contributed by atoms with Gasteiger partial charge in [-0.05, 0) is 42.7 Å². The van der Waals surface area contributed by atoms with Gasteiger partial charge < -0.3 is 14.5 Å². The number of carbonyl (C=O) groups excluding carboxylic acids is 2. The zero-order chi connectivity index (χ0) is 17.1. The summed E-state index contributed by atoms with van der Waals surface area (Å²) in [7, 11) is 1.64. The van der Waals surface area contributed by atoms with Crippen molar-refractivity contribution >= 4 is 17.4 Å². The molecule has 0 aromatic heterocycles. The predicted molar refractivity (Wildman–Crippen MR) is 92.6 cm³/mol. The van der Waals surface area contributed by atoms with E-state index in [0.717, 1.165) is 48.5 Å². The van der Waals surface area contributed by atoms with E-state index >= 15 is 0 Å². The van der Waals surface area contributed by atoms with E-state index < -0.39 is 0 Å². The molecule has 0 atom stereocenters. The molecule has 1 amide bonds. The molecular formula is C19H24N2O3. The fourth-order valence-electron chi connectivity index (χ4n) is 3.46. The van der Waals surface area contributed by atoms with Crippen molar-refractivity contribution in [2.75, 3.05) is 33.3 Å². The summed E-state index contributed by atoms with van der Waals surface area (Å²) in [5, 5.41) is 0. The third-order valence-corrected chi connectivity index (χ3v) is 4.81. The van der Waals surface area contributed by atoms with Crippen LogP contribution in [0.3, 0.4) is 0 Å². The smallest absolute Gasteiger partial charge is 0.219 e. The molecule has 0 unspecified atom stereocenters. The number of nitrogens with zero attached hydrogens (tertiary/aromatic N) is 2. The first kappa shape index (κ1) is 16.6. The Morgan fingerprint density at radius 1 is 1.04 bits per heavy atom. The zero-order valence-electron chi connectivity index (χ0n) is 14.4. The minimum Gasteiger partial charge on any atom is -0.497 e. The van der Waals surface area contributed by atoms with Crippen molar-refractivity contribution in [1.82, 2.24) is 9.80 Å². The number of carbonyl (C=O) groups is 2. The van der Waals surface area contributed by atoms with Gasteiger partial charge in [0.1, 0.15) is 5.75 Å². The number of hydrogen-bond donors (Lipinski definition) is 0. The van der Waals surface area contributed by atoms with Crippen LogP contribution in [0.1, 0.15) is 31.7 Å². The molecule has 2 aliphatic rings. The Hall–Kier alpha value is -2.30. The van der Waals surface area contributed by atoms with Gasteiger partial charge in [-0.25, -0.2) is 0 Å². The number of methoxy groups -OCH3 is 1. The average molecular weight is 328 g/mol. The summed E-state index contributed by atoms with van der Waals surface area (Å²) in [4.78, 5) is 28.4. The molecule has 2 heterocycles. The first-order valence-corrected chi connectivity index (χ1v) is 8.51. The SMILES string of the molecule is COc1ccc(/C(=C2\CN(C(C)=O)CCC2=O)N2CCCC2)cc1. The maximum absolute atomic E-state index is 12.6. The Balaban J connectivity index is 2.04. The summed E-state index contributed by atoms with van der Waals surface area (Å²) in [5.41, 5.74) is 2.78. The number of likely N-dealkylation sites (tertiary alicyclic amines) is 2. The average Bonchev–Trinajstić information content (AvgIpc) is 3.11. The highest BCUT2D eigenvalue weighted by molar-refractivity contribution is 6.04. The quantitative estimate of drug-likeness (QED) is 0.799. The van der Waals surface area contributed by atoms with Crippen LogP contribution in [0, 0.1) is 0 Å².